The van der Waals surface area contributed by atoms with Gasteiger partial charge in [-0.25, -0.2) is 14.8 Å². The molecule has 5 rings (SSSR count). The van der Waals surface area contributed by atoms with Gasteiger partial charge in [0.2, 0.25) is 0 Å². The van der Waals surface area contributed by atoms with E-state index in [0.29, 0.717) is 18.7 Å². The summed E-state index contributed by atoms with van der Waals surface area (Å²) in [6.45, 7) is 1.49. The van der Waals surface area contributed by atoms with E-state index < -0.39 is 0 Å². The molecule has 148 valence electrons. The number of rotatable bonds is 3. The van der Waals surface area contributed by atoms with Crippen molar-refractivity contribution >= 4 is 16.9 Å². The Hall–Kier alpha value is -3.22. The van der Waals surface area contributed by atoms with Gasteiger partial charge in [0.05, 0.1) is 11.2 Å². The van der Waals surface area contributed by atoms with Crippen molar-refractivity contribution in [3.63, 3.8) is 0 Å². The number of urea groups is 1. The molecular formula is C22H23N5O2. The maximum atomic E-state index is 12.5. The fraction of sp³-hybridized carbons (Fsp3) is 0.364. The van der Waals surface area contributed by atoms with Gasteiger partial charge in [-0.2, -0.15) is 0 Å². The Morgan fingerprint density at radius 1 is 1.17 bits per heavy atom. The van der Waals surface area contributed by atoms with E-state index in [0.717, 1.165) is 48.0 Å². The molecule has 2 aromatic heterocycles. The highest BCUT2D eigenvalue weighted by Crippen LogP contribution is 2.30. The number of aromatic amines is 1. The lowest BCUT2D eigenvalue weighted by molar-refractivity contribution is 0.150. The second-order valence-electron chi connectivity index (χ2n) is 7.87. The van der Waals surface area contributed by atoms with Crippen LogP contribution in [0.3, 0.4) is 0 Å². The molecule has 7 heteroatoms. The van der Waals surface area contributed by atoms with Gasteiger partial charge in [0.25, 0.3) is 5.56 Å². The van der Waals surface area contributed by atoms with Crippen molar-refractivity contribution in [2.75, 3.05) is 13.1 Å². The first-order valence-electron chi connectivity index (χ1n) is 10.2. The maximum absolute atomic E-state index is 12.5. The van der Waals surface area contributed by atoms with Crippen molar-refractivity contribution in [2.45, 2.75) is 38.1 Å². The Morgan fingerprint density at radius 2 is 2.00 bits per heavy atom. The molecule has 1 fully saturated rings. The number of carbonyl (C=O) groups excluding carboxylic acids is 1. The van der Waals surface area contributed by atoms with Crippen molar-refractivity contribution in [1.29, 1.82) is 0 Å². The van der Waals surface area contributed by atoms with Crippen LogP contribution in [0.2, 0.25) is 0 Å². The van der Waals surface area contributed by atoms with E-state index in [9.17, 15) is 9.59 Å². The van der Waals surface area contributed by atoms with Crippen LogP contribution in [-0.2, 0) is 19.4 Å². The largest absolute Gasteiger partial charge is 0.334 e. The van der Waals surface area contributed by atoms with Gasteiger partial charge in [-0.3, -0.25) is 4.79 Å². The summed E-state index contributed by atoms with van der Waals surface area (Å²) in [7, 11) is 0. The van der Waals surface area contributed by atoms with Crippen LogP contribution in [0.25, 0.3) is 10.9 Å². The normalized spacial score (nSPS) is 16.3. The smallest absolute Gasteiger partial charge is 0.317 e. The third kappa shape index (κ3) is 3.37. The molecule has 2 amide bonds. The highest BCUT2D eigenvalue weighted by molar-refractivity contribution is 5.82. The number of hydrogen-bond acceptors (Lipinski definition) is 4. The standard InChI is InChI=1S/C22H23N5O2/c28-21-15(9-14-5-1-3-7-18(14)26-21)10-23-22(29)27-11-16(12-27)20-17-6-2-4-8-19(17)24-13-25-20/h2,4,6,8-9,13,16H,1,3,5,7,10-12H2,(H,23,29)(H,26,28). The molecule has 7 nitrogen and oxygen atoms in total. The van der Waals surface area contributed by atoms with Gasteiger partial charge in [0, 0.05) is 42.2 Å². The predicted octanol–water partition coefficient (Wildman–Crippen LogP) is 2.51. The van der Waals surface area contributed by atoms with Gasteiger partial charge in [-0.05, 0) is 43.4 Å². The molecule has 1 saturated heterocycles. The van der Waals surface area contributed by atoms with E-state index in [4.69, 9.17) is 0 Å². The van der Waals surface area contributed by atoms with E-state index in [1.54, 1.807) is 11.2 Å². The Balaban J connectivity index is 1.22. The van der Waals surface area contributed by atoms with Crippen molar-refractivity contribution in [2.24, 2.45) is 0 Å². The molecule has 0 atom stereocenters. The number of nitrogens with one attached hydrogen (secondary N) is 2. The minimum absolute atomic E-state index is 0.0973. The zero-order valence-corrected chi connectivity index (χ0v) is 16.1. The highest BCUT2D eigenvalue weighted by atomic mass is 16.2. The summed E-state index contributed by atoms with van der Waals surface area (Å²) < 4.78 is 0. The molecule has 3 heterocycles. The summed E-state index contributed by atoms with van der Waals surface area (Å²) in [4.78, 5) is 38.3. The summed E-state index contributed by atoms with van der Waals surface area (Å²) in [6.07, 6.45) is 5.79. The van der Waals surface area contributed by atoms with Crippen LogP contribution >= 0.6 is 0 Å². The highest BCUT2D eigenvalue weighted by Gasteiger charge is 2.33. The number of hydrogen-bond donors (Lipinski definition) is 2. The number of fused-ring (bicyclic) bond motifs is 2. The average molecular weight is 389 g/mol. The first-order valence-corrected chi connectivity index (χ1v) is 10.2. The van der Waals surface area contributed by atoms with Crippen molar-refractivity contribution in [1.82, 2.24) is 25.2 Å². The number of pyridine rings is 1. The molecule has 1 aliphatic carbocycles. The van der Waals surface area contributed by atoms with E-state index >= 15 is 0 Å². The number of para-hydroxylation sites is 1. The molecule has 0 saturated carbocycles. The summed E-state index contributed by atoms with van der Waals surface area (Å²) in [5.74, 6) is 0.209. The molecule has 0 unspecified atom stereocenters. The van der Waals surface area contributed by atoms with Gasteiger partial charge in [0.1, 0.15) is 6.33 Å². The Morgan fingerprint density at radius 3 is 2.90 bits per heavy atom. The zero-order valence-electron chi connectivity index (χ0n) is 16.1. The third-order valence-electron chi connectivity index (χ3n) is 5.97. The zero-order chi connectivity index (χ0) is 19.8. The summed E-state index contributed by atoms with van der Waals surface area (Å²) in [6, 6.07) is 9.75. The van der Waals surface area contributed by atoms with Crippen LogP contribution in [0.4, 0.5) is 4.79 Å². The number of aryl methyl sites for hydroxylation is 2. The Bertz CT molecular complexity index is 1130. The van der Waals surface area contributed by atoms with Crippen molar-refractivity contribution in [3.8, 4) is 0 Å². The van der Waals surface area contributed by atoms with E-state index in [1.165, 1.54) is 5.56 Å². The van der Waals surface area contributed by atoms with Gasteiger partial charge < -0.3 is 15.2 Å². The Kier molecular flexibility index (Phi) is 4.50. The summed E-state index contributed by atoms with van der Waals surface area (Å²) in [5, 5.41) is 3.93. The molecule has 1 aromatic carbocycles. The average Bonchev–Trinajstić information content (AvgIpc) is 2.71. The van der Waals surface area contributed by atoms with Crippen LogP contribution in [0, 0.1) is 0 Å². The minimum atomic E-state index is -0.142. The van der Waals surface area contributed by atoms with Crippen LogP contribution in [0.1, 0.15) is 41.3 Å². The van der Waals surface area contributed by atoms with Crippen LogP contribution in [0.5, 0.6) is 0 Å². The lowest BCUT2D eigenvalue weighted by Gasteiger charge is -2.39. The number of nitrogens with zero attached hydrogens (tertiary/aromatic N) is 3. The number of aromatic nitrogens is 3. The van der Waals surface area contributed by atoms with E-state index in [2.05, 4.69) is 20.3 Å². The molecule has 0 spiro atoms. The predicted molar refractivity (Wildman–Crippen MR) is 110 cm³/mol. The number of H-pyrrole nitrogens is 1. The number of carbonyl (C=O) groups is 1. The molecule has 29 heavy (non-hydrogen) atoms. The first kappa shape index (κ1) is 17.8. The molecular weight excluding hydrogens is 366 g/mol. The first-order chi connectivity index (χ1) is 14.2. The molecule has 0 bridgehead atoms. The number of amides is 2. The van der Waals surface area contributed by atoms with Gasteiger partial charge in [-0.1, -0.05) is 18.2 Å². The monoisotopic (exact) mass is 389 g/mol. The van der Waals surface area contributed by atoms with Gasteiger partial charge >= 0.3 is 6.03 Å². The minimum Gasteiger partial charge on any atom is -0.334 e. The second-order valence-corrected chi connectivity index (χ2v) is 7.87. The van der Waals surface area contributed by atoms with Crippen LogP contribution in [-0.4, -0.2) is 39.0 Å². The maximum Gasteiger partial charge on any atom is 0.317 e. The second kappa shape index (κ2) is 7.31. The number of likely N-dealkylation sites (tertiary alicyclic amines) is 1. The molecule has 2 N–H and O–H groups in total. The third-order valence-corrected chi connectivity index (χ3v) is 5.97. The van der Waals surface area contributed by atoms with Crippen LogP contribution in [0.15, 0.2) is 41.5 Å². The van der Waals surface area contributed by atoms with Crippen LogP contribution < -0.4 is 10.9 Å². The number of benzene rings is 1. The quantitative estimate of drug-likeness (QED) is 0.720. The lowest BCUT2D eigenvalue weighted by Crippen LogP contribution is -2.52. The molecule has 0 radical (unpaired) electrons. The van der Waals surface area contributed by atoms with Gasteiger partial charge in [-0.15, -0.1) is 0 Å². The molecule has 1 aliphatic heterocycles. The van der Waals surface area contributed by atoms with Crippen molar-refractivity contribution in [3.05, 3.63) is 69.5 Å². The topological polar surface area (TPSA) is 91.0 Å². The van der Waals surface area contributed by atoms with Crippen molar-refractivity contribution < 1.29 is 4.79 Å². The lowest BCUT2D eigenvalue weighted by atomic mass is 9.93. The van der Waals surface area contributed by atoms with E-state index in [-0.39, 0.29) is 24.1 Å². The fourth-order valence-electron chi connectivity index (χ4n) is 4.31. The summed E-state index contributed by atoms with van der Waals surface area (Å²) in [5.41, 5.74) is 4.70. The Labute approximate surface area is 168 Å². The summed E-state index contributed by atoms with van der Waals surface area (Å²) >= 11 is 0. The van der Waals surface area contributed by atoms with Gasteiger partial charge in [0.15, 0.2) is 0 Å². The fourth-order valence-corrected chi connectivity index (χ4v) is 4.31. The SMILES string of the molecule is O=C(NCc1cc2c([nH]c1=O)CCCC2)N1CC(c2ncnc3ccccc23)C1. The molecule has 3 aromatic rings. The van der Waals surface area contributed by atoms with E-state index in [1.807, 2.05) is 30.3 Å². The molecule has 2 aliphatic rings.